The smallest absolute Gasteiger partial charge is 0.303 e. The molecule has 0 saturated carbocycles. The van der Waals surface area contributed by atoms with Gasteiger partial charge in [-0.3, -0.25) is 14.4 Å². The summed E-state index contributed by atoms with van der Waals surface area (Å²) in [5.41, 5.74) is 1.62. The molecule has 0 aliphatic carbocycles. The zero-order valence-electron chi connectivity index (χ0n) is 18.3. The number of phenols is 1. The Labute approximate surface area is 187 Å². The molecule has 2 aromatic carbocycles. The third-order valence-corrected chi connectivity index (χ3v) is 5.62. The van der Waals surface area contributed by atoms with Crippen LogP contribution in [-0.4, -0.2) is 40.5 Å². The number of ketones is 2. The average Bonchev–Trinajstić information content (AvgIpc) is 3.12. The van der Waals surface area contributed by atoms with E-state index < -0.39 is 18.0 Å². The lowest BCUT2D eigenvalue weighted by atomic mass is 9.88. The van der Waals surface area contributed by atoms with Crippen molar-refractivity contribution in [1.29, 1.82) is 0 Å². The van der Waals surface area contributed by atoms with Gasteiger partial charge in [-0.1, -0.05) is 31.5 Å². The highest BCUT2D eigenvalue weighted by Gasteiger charge is 2.38. The van der Waals surface area contributed by atoms with Crippen LogP contribution in [0.2, 0.25) is 0 Å². The number of phenolic OH excluding ortho intramolecular Hbond substituents is 1. The van der Waals surface area contributed by atoms with E-state index in [2.05, 4.69) is 0 Å². The molecule has 2 unspecified atom stereocenters. The number of rotatable bonds is 11. The Morgan fingerprint density at radius 2 is 1.84 bits per heavy atom. The Hall–Kier alpha value is -3.35. The van der Waals surface area contributed by atoms with Gasteiger partial charge in [0.25, 0.3) is 0 Å². The maximum Gasteiger partial charge on any atom is 0.303 e. The largest absolute Gasteiger partial charge is 0.507 e. The van der Waals surface area contributed by atoms with Gasteiger partial charge in [-0.15, -0.1) is 0 Å². The van der Waals surface area contributed by atoms with Crippen molar-refractivity contribution in [2.75, 3.05) is 6.61 Å². The number of carboxylic acids is 1. The van der Waals surface area contributed by atoms with Crippen molar-refractivity contribution >= 4 is 17.5 Å². The van der Waals surface area contributed by atoms with E-state index in [9.17, 15) is 19.5 Å². The third-order valence-electron chi connectivity index (χ3n) is 5.62. The molecule has 1 aliphatic rings. The molecule has 1 heterocycles. The van der Waals surface area contributed by atoms with Crippen LogP contribution in [0.3, 0.4) is 0 Å². The number of fused-ring (bicyclic) bond motifs is 1. The molecule has 2 aromatic rings. The van der Waals surface area contributed by atoms with Crippen molar-refractivity contribution in [2.24, 2.45) is 0 Å². The molecule has 2 atom stereocenters. The Kier molecular flexibility index (Phi) is 7.51. The number of Topliss-reactive ketones (excluding diaryl/α,β-unsaturated/α-hetero) is 2. The van der Waals surface area contributed by atoms with E-state index in [-0.39, 0.29) is 42.3 Å². The summed E-state index contributed by atoms with van der Waals surface area (Å²) in [6.45, 7) is 3.61. The Morgan fingerprint density at radius 1 is 1.09 bits per heavy atom. The minimum Gasteiger partial charge on any atom is -0.507 e. The van der Waals surface area contributed by atoms with Crippen LogP contribution in [-0.2, 0) is 16.0 Å². The molecular weight excluding hydrogens is 412 g/mol. The first-order valence-electron chi connectivity index (χ1n) is 10.8. The van der Waals surface area contributed by atoms with Crippen LogP contribution < -0.4 is 9.47 Å². The van der Waals surface area contributed by atoms with Crippen LogP contribution in [0, 0.1) is 0 Å². The predicted octanol–water partition coefficient (Wildman–Crippen LogP) is 4.29. The van der Waals surface area contributed by atoms with Gasteiger partial charge in [0.05, 0.1) is 24.5 Å². The highest BCUT2D eigenvalue weighted by atomic mass is 16.5. The second kappa shape index (κ2) is 10.3. The summed E-state index contributed by atoms with van der Waals surface area (Å²) < 4.78 is 11.9. The zero-order chi connectivity index (χ0) is 23.3. The number of para-hydroxylation sites is 1. The lowest BCUT2D eigenvalue weighted by molar-refractivity contribution is -0.138. The molecule has 170 valence electrons. The van der Waals surface area contributed by atoms with E-state index in [1.54, 1.807) is 18.2 Å². The fourth-order valence-corrected chi connectivity index (χ4v) is 4.08. The molecule has 0 fully saturated rings. The molecule has 0 radical (unpaired) electrons. The number of hydrogen-bond acceptors (Lipinski definition) is 6. The lowest BCUT2D eigenvalue weighted by Crippen LogP contribution is -2.28. The number of carbonyl (C=O) groups excluding carboxylic acids is 2. The first kappa shape index (κ1) is 23.3. The number of benzene rings is 2. The fourth-order valence-electron chi connectivity index (χ4n) is 4.08. The minimum atomic E-state index is -1.01. The Morgan fingerprint density at radius 3 is 2.53 bits per heavy atom. The molecule has 0 aromatic heterocycles. The number of hydrogen-bond donors (Lipinski definition) is 2. The summed E-state index contributed by atoms with van der Waals surface area (Å²) in [6.07, 6.45) is 0.988. The summed E-state index contributed by atoms with van der Waals surface area (Å²) in [6, 6.07) is 10.5. The van der Waals surface area contributed by atoms with Gasteiger partial charge < -0.3 is 19.7 Å². The van der Waals surface area contributed by atoms with Crippen molar-refractivity contribution in [2.45, 2.75) is 58.0 Å². The molecule has 0 amide bonds. The average molecular weight is 440 g/mol. The van der Waals surface area contributed by atoms with E-state index in [1.165, 1.54) is 6.92 Å². The van der Waals surface area contributed by atoms with Crippen molar-refractivity contribution < 1.29 is 34.1 Å². The molecule has 7 heteroatoms. The third kappa shape index (κ3) is 5.10. The standard InChI is InChI=1S/C25H28O7/c1-3-6-18-20(11-9-16(15(2)26)25(18)30)31-14-13-22-24(19(27)10-12-23(28)29)17-7-4-5-8-21(17)32-22/h4-5,7-9,11,22,24,30H,3,6,10,12-14H2,1-2H3,(H,28,29). The summed E-state index contributed by atoms with van der Waals surface area (Å²) in [7, 11) is 0. The highest BCUT2D eigenvalue weighted by molar-refractivity contribution is 5.97. The topological polar surface area (TPSA) is 110 Å². The SMILES string of the molecule is CCCc1c(OCCC2Oc3ccccc3C2C(=O)CCC(=O)O)ccc(C(C)=O)c1O. The first-order chi connectivity index (χ1) is 15.3. The maximum atomic E-state index is 12.8. The van der Waals surface area contributed by atoms with Crippen LogP contribution in [0.1, 0.15) is 66.9 Å². The number of aliphatic carboxylic acids is 1. The highest BCUT2D eigenvalue weighted by Crippen LogP contribution is 2.41. The molecule has 3 rings (SSSR count). The van der Waals surface area contributed by atoms with E-state index >= 15 is 0 Å². The van der Waals surface area contributed by atoms with E-state index in [1.807, 2.05) is 25.1 Å². The molecule has 32 heavy (non-hydrogen) atoms. The first-order valence-corrected chi connectivity index (χ1v) is 10.8. The summed E-state index contributed by atoms with van der Waals surface area (Å²) >= 11 is 0. The summed E-state index contributed by atoms with van der Waals surface area (Å²) in [5, 5.41) is 19.4. The van der Waals surface area contributed by atoms with Crippen LogP contribution in [0.5, 0.6) is 17.2 Å². The van der Waals surface area contributed by atoms with Gasteiger partial charge in [0.2, 0.25) is 0 Å². The quantitative estimate of drug-likeness (QED) is 0.501. The molecular formula is C25H28O7. The monoisotopic (exact) mass is 440 g/mol. The zero-order valence-corrected chi connectivity index (χ0v) is 18.3. The van der Waals surface area contributed by atoms with Crippen LogP contribution in [0.15, 0.2) is 36.4 Å². The summed E-state index contributed by atoms with van der Waals surface area (Å²) in [4.78, 5) is 35.4. The van der Waals surface area contributed by atoms with E-state index in [4.69, 9.17) is 14.6 Å². The van der Waals surface area contributed by atoms with Gasteiger partial charge in [-0.25, -0.2) is 0 Å². The fraction of sp³-hybridized carbons (Fsp3) is 0.400. The molecule has 0 bridgehead atoms. The van der Waals surface area contributed by atoms with E-state index in [0.29, 0.717) is 29.9 Å². The minimum absolute atomic E-state index is 0.0527. The number of carboxylic acid groups (broad SMARTS) is 1. The number of aromatic hydroxyl groups is 1. The molecule has 2 N–H and O–H groups in total. The van der Waals surface area contributed by atoms with E-state index in [0.717, 1.165) is 12.0 Å². The Bertz CT molecular complexity index is 1010. The van der Waals surface area contributed by atoms with Crippen molar-refractivity contribution in [1.82, 2.24) is 0 Å². The van der Waals surface area contributed by atoms with Crippen LogP contribution in [0.25, 0.3) is 0 Å². The van der Waals surface area contributed by atoms with Crippen LogP contribution in [0.4, 0.5) is 0 Å². The maximum absolute atomic E-state index is 12.8. The molecule has 0 spiro atoms. The summed E-state index contributed by atoms with van der Waals surface area (Å²) in [5.74, 6) is -0.868. The molecule has 7 nitrogen and oxygen atoms in total. The van der Waals surface area contributed by atoms with Crippen molar-refractivity contribution in [3.8, 4) is 17.2 Å². The van der Waals surface area contributed by atoms with Gasteiger partial charge >= 0.3 is 5.97 Å². The second-order valence-corrected chi connectivity index (χ2v) is 7.91. The Balaban J connectivity index is 1.73. The molecule has 1 aliphatic heterocycles. The molecule has 0 saturated heterocycles. The van der Waals surface area contributed by atoms with Gasteiger partial charge in [0.1, 0.15) is 29.1 Å². The normalized spacial score (nSPS) is 16.8. The second-order valence-electron chi connectivity index (χ2n) is 7.91. The van der Waals surface area contributed by atoms with Gasteiger partial charge in [0.15, 0.2) is 5.78 Å². The van der Waals surface area contributed by atoms with Gasteiger partial charge in [-0.05, 0) is 31.5 Å². The van der Waals surface area contributed by atoms with Crippen molar-refractivity contribution in [3.63, 3.8) is 0 Å². The number of ether oxygens (including phenoxy) is 2. The van der Waals surface area contributed by atoms with Gasteiger partial charge in [-0.2, -0.15) is 0 Å². The van der Waals surface area contributed by atoms with Gasteiger partial charge in [0, 0.05) is 24.0 Å². The van der Waals surface area contributed by atoms with Crippen molar-refractivity contribution in [3.05, 3.63) is 53.1 Å². The number of carbonyl (C=O) groups is 3. The predicted molar refractivity (Wildman–Crippen MR) is 118 cm³/mol. The lowest BCUT2D eigenvalue weighted by Gasteiger charge is -2.19. The van der Waals surface area contributed by atoms with Crippen LogP contribution >= 0.6 is 0 Å².